The Balaban J connectivity index is 1.61. The number of nitriles is 1. The topological polar surface area (TPSA) is 136 Å². The van der Waals surface area contributed by atoms with E-state index in [9.17, 15) is 36.4 Å². The van der Waals surface area contributed by atoms with Gasteiger partial charge in [-0.3, -0.25) is 14.6 Å². The highest BCUT2D eigenvalue weighted by atomic mass is 32.2. The maximum atomic E-state index is 14.1. The van der Waals surface area contributed by atoms with Crippen LogP contribution in [0.25, 0.3) is 0 Å². The SMILES string of the molecule is CN(C)c1ccc(S(=O)(=O)NC(C(=O)N2C[C@H]3[C@@H]([C@H]2C(=O)NC(C#N)c2cncc(C(F)(F)F)c2)C3(C)C)C(C)(C)C)cc1. The molecule has 5 atom stereocenters. The molecule has 1 aromatic carbocycles. The largest absolute Gasteiger partial charge is 0.417 e. The number of halogens is 3. The molecule has 10 nitrogen and oxygen atoms in total. The molecule has 0 bridgehead atoms. The summed E-state index contributed by atoms with van der Waals surface area (Å²) >= 11 is 0. The van der Waals surface area contributed by atoms with Crippen LogP contribution in [0.5, 0.6) is 0 Å². The molecule has 1 aliphatic heterocycles. The standard InChI is InChI=1S/C30H37F3N6O4S/c1-28(2,3)25(37-44(42,43)20-10-8-19(9-11-20)38(6)7)27(41)39-16-21-23(29(21,4)5)24(39)26(40)36-22(13-34)17-12-18(15-35-14-17)30(31,32)33/h8-12,14-15,21-25,37H,16H2,1-7H3,(H,36,40)/t21-,22?,23-,24-,25?/m0/s1. The van der Waals surface area contributed by atoms with Gasteiger partial charge in [-0.2, -0.15) is 23.2 Å². The second kappa shape index (κ2) is 11.3. The lowest BCUT2D eigenvalue weighted by molar-refractivity contribution is -0.143. The van der Waals surface area contributed by atoms with Gasteiger partial charge in [0.25, 0.3) is 0 Å². The normalized spacial score (nSPS) is 22.4. The Morgan fingerprint density at radius 3 is 2.27 bits per heavy atom. The van der Waals surface area contributed by atoms with Gasteiger partial charge in [0.05, 0.1) is 16.5 Å². The zero-order valence-electron chi connectivity index (χ0n) is 25.6. The first-order valence-corrected chi connectivity index (χ1v) is 15.5. The number of hydrogen-bond acceptors (Lipinski definition) is 7. The van der Waals surface area contributed by atoms with Gasteiger partial charge >= 0.3 is 6.18 Å². The second-order valence-corrected chi connectivity index (χ2v) is 15.0. The highest BCUT2D eigenvalue weighted by Gasteiger charge is 2.70. The van der Waals surface area contributed by atoms with E-state index in [1.54, 1.807) is 32.9 Å². The summed E-state index contributed by atoms with van der Waals surface area (Å²) < 4.78 is 69.2. The van der Waals surface area contributed by atoms with Crippen molar-refractivity contribution in [2.45, 2.75) is 63.8 Å². The van der Waals surface area contributed by atoms with Crippen molar-refractivity contribution >= 4 is 27.5 Å². The molecule has 2 N–H and O–H groups in total. The van der Waals surface area contributed by atoms with Crippen molar-refractivity contribution in [3.63, 3.8) is 0 Å². The summed E-state index contributed by atoms with van der Waals surface area (Å²) in [7, 11) is -0.518. The first-order valence-electron chi connectivity index (χ1n) is 14.0. The maximum Gasteiger partial charge on any atom is 0.417 e. The number of nitrogens with zero attached hydrogens (tertiary/aromatic N) is 4. The number of aromatic nitrogens is 1. The highest BCUT2D eigenvalue weighted by molar-refractivity contribution is 7.89. The number of amides is 2. The van der Waals surface area contributed by atoms with Crippen molar-refractivity contribution in [3.05, 3.63) is 53.9 Å². The molecule has 1 aromatic heterocycles. The minimum atomic E-state index is -4.70. The van der Waals surface area contributed by atoms with Gasteiger partial charge in [0.1, 0.15) is 18.1 Å². The Bertz CT molecular complexity index is 1580. The van der Waals surface area contributed by atoms with Crippen LogP contribution in [0.2, 0.25) is 0 Å². The molecule has 2 heterocycles. The Kier molecular flexibility index (Phi) is 8.56. The Morgan fingerprint density at radius 1 is 1.14 bits per heavy atom. The van der Waals surface area contributed by atoms with Gasteiger partial charge in [-0.25, -0.2) is 8.42 Å². The lowest BCUT2D eigenvalue weighted by atomic mass is 9.86. The Morgan fingerprint density at radius 2 is 1.75 bits per heavy atom. The number of piperidine rings is 1. The first kappa shape index (κ1) is 33.2. The van der Waals surface area contributed by atoms with Gasteiger partial charge in [-0.1, -0.05) is 34.6 Å². The van der Waals surface area contributed by atoms with E-state index in [0.29, 0.717) is 6.20 Å². The quantitative estimate of drug-likeness (QED) is 0.452. The molecule has 2 unspecified atom stereocenters. The van der Waals surface area contributed by atoms with Gasteiger partial charge in [0.15, 0.2) is 0 Å². The van der Waals surface area contributed by atoms with Crippen LogP contribution in [0.3, 0.4) is 0 Å². The van der Waals surface area contributed by atoms with Crippen molar-refractivity contribution in [2.24, 2.45) is 22.7 Å². The number of nitrogens with one attached hydrogen (secondary N) is 2. The average molecular weight is 635 g/mol. The van der Waals surface area contributed by atoms with E-state index in [4.69, 9.17) is 0 Å². The van der Waals surface area contributed by atoms with E-state index in [2.05, 4.69) is 15.0 Å². The number of carbonyl (C=O) groups excluding carboxylic acids is 2. The number of pyridine rings is 1. The van der Waals surface area contributed by atoms with E-state index in [1.807, 2.05) is 38.9 Å². The van der Waals surface area contributed by atoms with E-state index in [1.165, 1.54) is 17.0 Å². The van der Waals surface area contributed by atoms with Crippen molar-refractivity contribution in [1.82, 2.24) is 19.9 Å². The molecule has 1 saturated carbocycles. The molecule has 4 rings (SSSR count). The molecule has 1 aliphatic carbocycles. The monoisotopic (exact) mass is 634 g/mol. The van der Waals surface area contributed by atoms with Crippen LogP contribution in [0.1, 0.15) is 51.8 Å². The summed E-state index contributed by atoms with van der Waals surface area (Å²) in [5, 5.41) is 12.3. The minimum absolute atomic E-state index is 0.0311. The van der Waals surface area contributed by atoms with Gasteiger partial charge in [-0.05, 0) is 53.0 Å². The second-order valence-electron chi connectivity index (χ2n) is 13.3. The van der Waals surface area contributed by atoms with E-state index in [-0.39, 0.29) is 34.3 Å². The van der Waals surface area contributed by atoms with Gasteiger partial charge in [-0.15, -0.1) is 0 Å². The zero-order valence-corrected chi connectivity index (χ0v) is 26.4. The smallest absolute Gasteiger partial charge is 0.378 e. The molecule has 238 valence electrons. The first-order chi connectivity index (χ1) is 20.2. The molecule has 14 heteroatoms. The number of sulfonamides is 1. The fourth-order valence-corrected chi connectivity index (χ4v) is 7.31. The summed E-state index contributed by atoms with van der Waals surface area (Å²) in [4.78, 5) is 34.6. The number of likely N-dealkylation sites (tertiary alicyclic amines) is 1. The van der Waals surface area contributed by atoms with Gasteiger partial charge < -0.3 is 15.1 Å². The van der Waals surface area contributed by atoms with Crippen LogP contribution >= 0.6 is 0 Å². The summed E-state index contributed by atoms with van der Waals surface area (Å²) in [5.74, 6) is -1.67. The lowest BCUT2D eigenvalue weighted by Crippen LogP contribution is -2.59. The van der Waals surface area contributed by atoms with Crippen LogP contribution in [-0.2, 0) is 25.8 Å². The van der Waals surface area contributed by atoms with Crippen molar-refractivity contribution < 1.29 is 31.2 Å². The van der Waals surface area contributed by atoms with Crippen molar-refractivity contribution in [3.8, 4) is 6.07 Å². The minimum Gasteiger partial charge on any atom is -0.378 e. The third kappa shape index (κ3) is 6.39. The number of carbonyl (C=O) groups is 2. The molecular formula is C30H37F3N6O4S. The zero-order chi connectivity index (χ0) is 33.0. The molecule has 0 radical (unpaired) electrons. The molecule has 0 spiro atoms. The fourth-order valence-electron chi connectivity index (χ4n) is 5.91. The number of rotatable bonds is 8. The van der Waals surface area contributed by atoms with E-state index in [0.717, 1.165) is 18.0 Å². The van der Waals surface area contributed by atoms with Crippen LogP contribution in [0.15, 0.2) is 47.6 Å². The average Bonchev–Trinajstić information content (AvgIpc) is 3.25. The Labute approximate surface area is 255 Å². The maximum absolute atomic E-state index is 14.1. The number of benzene rings is 1. The summed E-state index contributed by atoms with van der Waals surface area (Å²) in [5.41, 5.74) is -1.66. The van der Waals surface area contributed by atoms with Crippen LogP contribution < -0.4 is 14.9 Å². The number of anilines is 1. The number of hydrogen-bond donors (Lipinski definition) is 2. The molecule has 1 saturated heterocycles. The fraction of sp³-hybridized carbons (Fsp3) is 0.533. The van der Waals surface area contributed by atoms with Gasteiger partial charge in [0.2, 0.25) is 21.8 Å². The molecular weight excluding hydrogens is 597 g/mol. The number of alkyl halides is 3. The van der Waals surface area contributed by atoms with Crippen LogP contribution in [-0.4, -0.2) is 62.8 Å². The van der Waals surface area contributed by atoms with Crippen molar-refractivity contribution in [2.75, 3.05) is 25.5 Å². The summed E-state index contributed by atoms with van der Waals surface area (Å²) in [6, 6.07) is 4.95. The van der Waals surface area contributed by atoms with Crippen molar-refractivity contribution in [1.29, 1.82) is 5.26 Å². The Hall–Kier alpha value is -3.70. The van der Waals surface area contributed by atoms with Crippen LogP contribution in [0, 0.1) is 34.0 Å². The van der Waals surface area contributed by atoms with E-state index < -0.39 is 57.1 Å². The summed E-state index contributed by atoms with van der Waals surface area (Å²) in [6.07, 6.45) is -3.00. The third-order valence-electron chi connectivity index (χ3n) is 8.65. The molecule has 2 aromatic rings. The predicted molar refractivity (Wildman–Crippen MR) is 156 cm³/mol. The van der Waals surface area contributed by atoms with E-state index >= 15 is 0 Å². The third-order valence-corrected chi connectivity index (χ3v) is 10.1. The number of fused-ring (bicyclic) bond motifs is 1. The van der Waals surface area contributed by atoms with Crippen LogP contribution in [0.4, 0.5) is 18.9 Å². The van der Waals surface area contributed by atoms with Gasteiger partial charge in [0, 0.05) is 44.3 Å². The predicted octanol–water partition coefficient (Wildman–Crippen LogP) is 3.72. The molecule has 2 fully saturated rings. The molecule has 2 amide bonds. The molecule has 2 aliphatic rings. The molecule has 44 heavy (non-hydrogen) atoms. The summed E-state index contributed by atoms with van der Waals surface area (Å²) in [6.45, 7) is 9.19. The lowest BCUT2D eigenvalue weighted by Gasteiger charge is -2.37. The highest BCUT2D eigenvalue weighted by Crippen LogP contribution is 2.65.